The molecular weight excluding hydrogens is 364 g/mol. The van der Waals surface area contributed by atoms with Gasteiger partial charge in [0, 0.05) is 65.5 Å². The van der Waals surface area contributed by atoms with Crippen LogP contribution in [0.25, 0.3) is 33.3 Å². The summed E-state index contributed by atoms with van der Waals surface area (Å²) in [6, 6.07) is 13.8. The molecule has 1 saturated heterocycles. The molecule has 1 aliphatic heterocycles. The van der Waals surface area contributed by atoms with E-state index in [2.05, 4.69) is 21.0 Å². The first-order valence-corrected chi connectivity index (χ1v) is 9.64. The Balaban J connectivity index is 1.52. The number of morpholine rings is 1. The second-order valence-corrected chi connectivity index (χ2v) is 7.05. The van der Waals surface area contributed by atoms with E-state index in [1.807, 2.05) is 59.9 Å². The molecule has 6 nitrogen and oxygen atoms in total. The van der Waals surface area contributed by atoms with Crippen molar-refractivity contribution in [3.05, 3.63) is 72.8 Å². The number of amides is 1. The Morgan fingerprint density at radius 1 is 1.00 bits per heavy atom. The van der Waals surface area contributed by atoms with Gasteiger partial charge < -0.3 is 14.6 Å². The molecule has 0 atom stereocenters. The molecule has 1 aromatic carbocycles. The number of ether oxygens (including phenoxy) is 1. The van der Waals surface area contributed by atoms with Crippen LogP contribution in [0.4, 0.5) is 0 Å². The van der Waals surface area contributed by atoms with Gasteiger partial charge in [-0.3, -0.25) is 9.78 Å². The standard InChI is InChI=1S/C23H20N4O2/c28-23(27-7-9-29-10-8-27)17-4-1-3-16(11-17)19-12-20-21(15-26-22(20)25-14-19)18-5-2-6-24-13-18/h1-6,11-15H,7-10H2,(H,25,26). The molecule has 5 rings (SSSR count). The molecule has 144 valence electrons. The van der Waals surface area contributed by atoms with Crippen LogP contribution in [0.5, 0.6) is 0 Å². The van der Waals surface area contributed by atoms with E-state index in [1.165, 1.54) is 0 Å². The van der Waals surface area contributed by atoms with Gasteiger partial charge in [0.15, 0.2) is 0 Å². The molecule has 1 aliphatic rings. The van der Waals surface area contributed by atoms with Crippen LogP contribution in [0.3, 0.4) is 0 Å². The van der Waals surface area contributed by atoms with Gasteiger partial charge in [0.2, 0.25) is 0 Å². The van der Waals surface area contributed by atoms with E-state index in [4.69, 9.17) is 4.74 Å². The Hall–Kier alpha value is -3.51. The molecule has 0 spiro atoms. The number of nitrogens with one attached hydrogen (secondary N) is 1. The smallest absolute Gasteiger partial charge is 0.254 e. The Kier molecular flexibility index (Phi) is 4.54. The molecule has 0 radical (unpaired) electrons. The summed E-state index contributed by atoms with van der Waals surface area (Å²) in [7, 11) is 0. The quantitative estimate of drug-likeness (QED) is 0.584. The first kappa shape index (κ1) is 17.6. The zero-order valence-corrected chi connectivity index (χ0v) is 15.8. The van der Waals surface area contributed by atoms with Gasteiger partial charge in [0.25, 0.3) is 5.91 Å². The average Bonchev–Trinajstić information content (AvgIpc) is 3.23. The number of carbonyl (C=O) groups is 1. The van der Waals surface area contributed by atoms with Crippen molar-refractivity contribution in [2.75, 3.05) is 26.3 Å². The van der Waals surface area contributed by atoms with Crippen molar-refractivity contribution in [2.24, 2.45) is 0 Å². The fourth-order valence-electron chi connectivity index (χ4n) is 3.70. The number of hydrogen-bond donors (Lipinski definition) is 1. The highest BCUT2D eigenvalue weighted by atomic mass is 16.5. The Morgan fingerprint density at radius 3 is 2.69 bits per heavy atom. The van der Waals surface area contributed by atoms with E-state index in [0.717, 1.165) is 33.3 Å². The number of benzene rings is 1. The molecule has 4 heterocycles. The average molecular weight is 384 g/mol. The summed E-state index contributed by atoms with van der Waals surface area (Å²) in [6.45, 7) is 2.45. The third-order valence-corrected chi connectivity index (χ3v) is 5.24. The fraction of sp³-hybridized carbons (Fsp3) is 0.174. The van der Waals surface area contributed by atoms with Gasteiger partial charge in [-0.1, -0.05) is 18.2 Å². The Morgan fingerprint density at radius 2 is 1.86 bits per heavy atom. The highest BCUT2D eigenvalue weighted by Crippen LogP contribution is 2.31. The fourth-order valence-corrected chi connectivity index (χ4v) is 3.70. The maximum Gasteiger partial charge on any atom is 0.254 e. The van der Waals surface area contributed by atoms with Crippen LogP contribution in [0.2, 0.25) is 0 Å². The van der Waals surface area contributed by atoms with Crippen molar-refractivity contribution < 1.29 is 9.53 Å². The number of nitrogens with zero attached hydrogens (tertiary/aromatic N) is 3. The van der Waals surface area contributed by atoms with E-state index in [-0.39, 0.29) is 5.91 Å². The third-order valence-electron chi connectivity index (χ3n) is 5.24. The largest absolute Gasteiger partial charge is 0.378 e. The monoisotopic (exact) mass is 384 g/mol. The summed E-state index contributed by atoms with van der Waals surface area (Å²) in [6.07, 6.45) is 7.40. The Bertz CT molecular complexity index is 1160. The molecule has 29 heavy (non-hydrogen) atoms. The van der Waals surface area contributed by atoms with Crippen molar-refractivity contribution in [1.82, 2.24) is 19.9 Å². The van der Waals surface area contributed by atoms with E-state index >= 15 is 0 Å². The number of hydrogen-bond acceptors (Lipinski definition) is 4. The number of pyridine rings is 2. The van der Waals surface area contributed by atoms with Gasteiger partial charge in [-0.05, 0) is 29.8 Å². The molecule has 0 unspecified atom stereocenters. The summed E-state index contributed by atoms with van der Waals surface area (Å²) in [5, 5.41) is 1.03. The van der Waals surface area contributed by atoms with Gasteiger partial charge in [-0.25, -0.2) is 4.98 Å². The lowest BCUT2D eigenvalue weighted by Crippen LogP contribution is -2.40. The van der Waals surface area contributed by atoms with E-state index < -0.39 is 0 Å². The van der Waals surface area contributed by atoms with Crippen LogP contribution in [-0.2, 0) is 4.74 Å². The highest BCUT2D eigenvalue weighted by molar-refractivity contribution is 5.97. The molecule has 0 aliphatic carbocycles. The zero-order chi connectivity index (χ0) is 19.6. The van der Waals surface area contributed by atoms with Crippen molar-refractivity contribution in [1.29, 1.82) is 0 Å². The lowest BCUT2D eigenvalue weighted by atomic mass is 10.0. The van der Waals surface area contributed by atoms with Crippen LogP contribution in [-0.4, -0.2) is 52.1 Å². The number of carbonyl (C=O) groups excluding carboxylic acids is 1. The minimum absolute atomic E-state index is 0.0434. The predicted molar refractivity (Wildman–Crippen MR) is 111 cm³/mol. The number of aromatic amines is 1. The summed E-state index contributed by atoms with van der Waals surface area (Å²) < 4.78 is 5.35. The van der Waals surface area contributed by atoms with Gasteiger partial charge >= 0.3 is 0 Å². The molecule has 1 N–H and O–H groups in total. The maximum absolute atomic E-state index is 12.8. The number of fused-ring (bicyclic) bond motifs is 1. The van der Waals surface area contributed by atoms with Crippen molar-refractivity contribution in [2.45, 2.75) is 0 Å². The van der Waals surface area contributed by atoms with Gasteiger partial charge in [0.1, 0.15) is 5.65 Å². The van der Waals surface area contributed by atoms with Gasteiger partial charge in [0.05, 0.1) is 13.2 Å². The molecule has 1 fully saturated rings. The van der Waals surface area contributed by atoms with Crippen LogP contribution in [0, 0.1) is 0 Å². The number of aromatic nitrogens is 3. The topological polar surface area (TPSA) is 71.1 Å². The summed E-state index contributed by atoms with van der Waals surface area (Å²) in [4.78, 5) is 26.7. The molecule has 0 bridgehead atoms. The highest BCUT2D eigenvalue weighted by Gasteiger charge is 2.19. The maximum atomic E-state index is 12.8. The van der Waals surface area contributed by atoms with Crippen LogP contribution in [0.1, 0.15) is 10.4 Å². The zero-order valence-electron chi connectivity index (χ0n) is 15.8. The second-order valence-electron chi connectivity index (χ2n) is 7.05. The Labute approximate surface area is 168 Å². The first-order chi connectivity index (χ1) is 14.3. The van der Waals surface area contributed by atoms with Crippen LogP contribution >= 0.6 is 0 Å². The van der Waals surface area contributed by atoms with Gasteiger partial charge in [-0.2, -0.15) is 0 Å². The summed E-state index contributed by atoms with van der Waals surface area (Å²) in [5.74, 6) is 0.0434. The minimum atomic E-state index is 0.0434. The van der Waals surface area contributed by atoms with Crippen molar-refractivity contribution in [3.63, 3.8) is 0 Å². The molecule has 3 aromatic heterocycles. The van der Waals surface area contributed by atoms with Crippen LogP contribution < -0.4 is 0 Å². The second kappa shape index (κ2) is 7.48. The number of rotatable bonds is 3. The molecule has 0 saturated carbocycles. The predicted octanol–water partition coefficient (Wildman–Crippen LogP) is 3.76. The summed E-state index contributed by atoms with van der Waals surface area (Å²) in [5.41, 5.74) is 5.55. The van der Waals surface area contributed by atoms with E-state index in [0.29, 0.717) is 31.9 Å². The molecular formula is C23H20N4O2. The lowest BCUT2D eigenvalue weighted by molar-refractivity contribution is 0.0303. The SMILES string of the molecule is O=C(c1cccc(-c2cnc3[nH]cc(-c4cccnc4)c3c2)c1)N1CCOCC1. The lowest BCUT2D eigenvalue weighted by Gasteiger charge is -2.27. The van der Waals surface area contributed by atoms with Crippen molar-refractivity contribution in [3.8, 4) is 22.3 Å². The number of H-pyrrole nitrogens is 1. The summed E-state index contributed by atoms with van der Waals surface area (Å²) >= 11 is 0. The van der Waals surface area contributed by atoms with Gasteiger partial charge in [-0.15, -0.1) is 0 Å². The van der Waals surface area contributed by atoms with E-state index in [9.17, 15) is 4.79 Å². The normalized spacial score (nSPS) is 14.3. The van der Waals surface area contributed by atoms with E-state index in [1.54, 1.807) is 6.20 Å². The minimum Gasteiger partial charge on any atom is -0.378 e. The van der Waals surface area contributed by atoms with Crippen LogP contribution in [0.15, 0.2) is 67.3 Å². The molecule has 6 heteroatoms. The van der Waals surface area contributed by atoms with Crippen molar-refractivity contribution >= 4 is 16.9 Å². The first-order valence-electron chi connectivity index (χ1n) is 9.64. The molecule has 1 amide bonds. The molecule has 4 aromatic rings. The third kappa shape index (κ3) is 3.39.